The van der Waals surface area contributed by atoms with Crippen LogP contribution in [-0.4, -0.2) is 89.6 Å². The Hall–Kier alpha value is -4.55. The molecule has 0 spiro atoms. The number of hydrogen-bond donors (Lipinski definition) is 2. The zero-order valence-corrected chi connectivity index (χ0v) is 31.4. The normalized spacial score (nSPS) is 18.7. The maximum absolute atomic E-state index is 14.8. The van der Waals surface area contributed by atoms with Crippen molar-refractivity contribution in [2.75, 3.05) is 26.2 Å². The van der Waals surface area contributed by atoms with Gasteiger partial charge in [0.25, 0.3) is 12.4 Å². The summed E-state index contributed by atoms with van der Waals surface area (Å²) in [7, 11) is 0. The standard InChI is InChI=1S/C41H45BrFN3O7/c1-26-5-2-3-7-28(26)16-17-46(32-13-14-32)41(51)40-34(20-31-23-45(24-36(40)44-31)38(48)21-33(53-25-47)22-39(49)50)29-10-8-27(9-11-29)6-4-18-52-37-19-30(43)12-15-35(37)42/h2-3,5,7-12,15,19,25,31-33,36,44H,4,6,13-14,16-18,20-24H2,1H3,(H,49,50)/t31-,33-,36-/m1/s1. The summed E-state index contributed by atoms with van der Waals surface area (Å²) < 4.78 is 25.1. The molecule has 1 aliphatic carbocycles. The monoisotopic (exact) mass is 789 g/mol. The zero-order chi connectivity index (χ0) is 37.5. The van der Waals surface area contributed by atoms with Crippen molar-refractivity contribution in [1.82, 2.24) is 15.1 Å². The number of piperazine rings is 1. The molecule has 3 aliphatic rings. The minimum atomic E-state index is -1.16. The van der Waals surface area contributed by atoms with E-state index in [9.17, 15) is 28.7 Å². The number of nitrogens with one attached hydrogen (secondary N) is 1. The Bertz CT molecular complexity index is 1850. The van der Waals surface area contributed by atoms with E-state index in [-0.39, 0.29) is 49.2 Å². The Labute approximate surface area is 317 Å². The zero-order valence-electron chi connectivity index (χ0n) is 29.8. The lowest BCUT2D eigenvalue weighted by Crippen LogP contribution is -2.62. The fourth-order valence-electron chi connectivity index (χ4n) is 7.38. The molecule has 53 heavy (non-hydrogen) atoms. The third-order valence-electron chi connectivity index (χ3n) is 10.2. The van der Waals surface area contributed by atoms with Crippen LogP contribution in [-0.2, 0) is 36.8 Å². The SMILES string of the molecule is Cc1ccccc1CCN(C(=O)C1=C(c2ccc(CCCOc3cc(F)ccc3Br)cc2)C[C@@H]2CN(C(=O)C[C@H](CC(=O)O)OC=O)C[C@H]1N2)C1CC1. The number of carbonyl (C=O) groups excluding carboxylic acids is 3. The highest BCUT2D eigenvalue weighted by molar-refractivity contribution is 9.10. The Balaban J connectivity index is 1.22. The number of benzene rings is 3. The van der Waals surface area contributed by atoms with Gasteiger partial charge >= 0.3 is 5.97 Å². The average Bonchev–Trinajstić information content (AvgIpc) is 3.97. The Kier molecular flexibility index (Phi) is 12.6. The summed E-state index contributed by atoms with van der Waals surface area (Å²) in [5.74, 6) is -1.40. The molecule has 3 aromatic carbocycles. The molecule has 0 unspecified atom stereocenters. The number of aliphatic carboxylic acids is 1. The number of carboxylic acids is 1. The summed E-state index contributed by atoms with van der Waals surface area (Å²) in [6.07, 6.45) is 2.86. The molecule has 2 heterocycles. The first-order valence-electron chi connectivity index (χ1n) is 18.2. The van der Waals surface area contributed by atoms with Crippen LogP contribution < -0.4 is 10.1 Å². The van der Waals surface area contributed by atoms with E-state index >= 15 is 0 Å². The Morgan fingerprint density at radius 2 is 1.83 bits per heavy atom. The summed E-state index contributed by atoms with van der Waals surface area (Å²) in [4.78, 5) is 54.3. The molecule has 2 aliphatic heterocycles. The maximum atomic E-state index is 14.8. The minimum Gasteiger partial charge on any atom is -0.492 e. The van der Waals surface area contributed by atoms with Crippen LogP contribution >= 0.6 is 15.9 Å². The molecule has 10 nitrogen and oxygen atoms in total. The number of amides is 2. The van der Waals surface area contributed by atoms with E-state index < -0.39 is 24.5 Å². The van der Waals surface area contributed by atoms with Crippen LogP contribution in [0.4, 0.5) is 4.39 Å². The molecule has 6 rings (SSSR count). The third-order valence-corrected chi connectivity index (χ3v) is 10.9. The highest BCUT2D eigenvalue weighted by Crippen LogP contribution is 2.37. The summed E-state index contributed by atoms with van der Waals surface area (Å²) >= 11 is 3.40. The van der Waals surface area contributed by atoms with Gasteiger partial charge in [-0.1, -0.05) is 48.5 Å². The molecule has 280 valence electrons. The molecule has 3 atom stereocenters. The third kappa shape index (κ3) is 9.91. The van der Waals surface area contributed by atoms with Gasteiger partial charge in [0, 0.05) is 43.4 Å². The Morgan fingerprint density at radius 3 is 2.55 bits per heavy atom. The molecular formula is C41H45BrFN3O7. The number of hydrogen-bond acceptors (Lipinski definition) is 7. The summed E-state index contributed by atoms with van der Waals surface area (Å²) in [6, 6.07) is 20.5. The van der Waals surface area contributed by atoms with Crippen molar-refractivity contribution in [2.24, 2.45) is 0 Å². The quantitative estimate of drug-likeness (QED) is 0.129. The molecular weight excluding hydrogens is 745 g/mol. The number of nitrogens with zero attached hydrogens (tertiary/aromatic N) is 2. The van der Waals surface area contributed by atoms with Crippen molar-refractivity contribution < 1.29 is 38.1 Å². The molecule has 1 saturated carbocycles. The van der Waals surface area contributed by atoms with E-state index in [1.807, 2.05) is 17.0 Å². The first kappa shape index (κ1) is 38.2. The molecule has 12 heteroatoms. The fraction of sp³-hybridized carbons (Fsp3) is 0.415. The van der Waals surface area contributed by atoms with E-state index in [0.29, 0.717) is 41.9 Å². The van der Waals surface area contributed by atoms with Crippen LogP contribution in [0.2, 0.25) is 0 Å². The Morgan fingerprint density at radius 1 is 1.06 bits per heavy atom. The largest absolute Gasteiger partial charge is 0.492 e. The van der Waals surface area contributed by atoms with Crippen molar-refractivity contribution in [1.29, 1.82) is 0 Å². The fourth-order valence-corrected chi connectivity index (χ4v) is 7.74. The molecule has 3 aromatic rings. The van der Waals surface area contributed by atoms with Gasteiger partial charge in [0.1, 0.15) is 17.7 Å². The second kappa shape index (κ2) is 17.5. The van der Waals surface area contributed by atoms with Gasteiger partial charge in [-0.2, -0.15) is 0 Å². The number of carboxylic acid groups (broad SMARTS) is 1. The molecule has 0 radical (unpaired) electrons. The van der Waals surface area contributed by atoms with E-state index in [4.69, 9.17) is 9.47 Å². The predicted octanol–water partition coefficient (Wildman–Crippen LogP) is 5.87. The van der Waals surface area contributed by atoms with Crippen LogP contribution in [0.15, 0.2) is 76.8 Å². The van der Waals surface area contributed by atoms with E-state index in [0.717, 1.165) is 48.8 Å². The van der Waals surface area contributed by atoms with Crippen LogP contribution in [0.3, 0.4) is 0 Å². The maximum Gasteiger partial charge on any atom is 0.307 e. The van der Waals surface area contributed by atoms with Crippen molar-refractivity contribution in [3.63, 3.8) is 0 Å². The van der Waals surface area contributed by atoms with Crippen molar-refractivity contribution >= 4 is 45.8 Å². The first-order chi connectivity index (χ1) is 25.6. The molecule has 2 N–H and O–H groups in total. The second-order valence-electron chi connectivity index (χ2n) is 14.1. The molecule has 1 saturated heterocycles. The molecule has 2 fully saturated rings. The van der Waals surface area contributed by atoms with Crippen LogP contribution in [0.25, 0.3) is 5.57 Å². The number of rotatable bonds is 17. The van der Waals surface area contributed by atoms with Gasteiger partial charge in [0.2, 0.25) is 5.91 Å². The van der Waals surface area contributed by atoms with Gasteiger partial charge in [-0.15, -0.1) is 0 Å². The van der Waals surface area contributed by atoms with Crippen molar-refractivity contribution in [2.45, 2.75) is 82.5 Å². The van der Waals surface area contributed by atoms with E-state index in [2.05, 4.69) is 64.6 Å². The smallest absolute Gasteiger partial charge is 0.307 e. The van der Waals surface area contributed by atoms with Crippen molar-refractivity contribution in [3.05, 3.63) is 105 Å². The number of fused-ring (bicyclic) bond motifs is 2. The number of halogens is 2. The van der Waals surface area contributed by atoms with Crippen LogP contribution in [0.5, 0.6) is 5.75 Å². The average molecular weight is 791 g/mol. The molecule has 2 bridgehead atoms. The van der Waals surface area contributed by atoms with Crippen molar-refractivity contribution in [3.8, 4) is 5.75 Å². The van der Waals surface area contributed by atoms with Gasteiger partial charge in [-0.3, -0.25) is 19.2 Å². The van der Waals surface area contributed by atoms with Gasteiger partial charge < -0.3 is 29.7 Å². The van der Waals surface area contributed by atoms with E-state index in [1.165, 1.54) is 23.3 Å². The summed E-state index contributed by atoms with van der Waals surface area (Å²) in [5, 5.41) is 12.9. The van der Waals surface area contributed by atoms with Gasteiger partial charge in [-0.05, 0) is 101 Å². The second-order valence-corrected chi connectivity index (χ2v) is 15.0. The lowest BCUT2D eigenvalue weighted by Gasteiger charge is -2.45. The summed E-state index contributed by atoms with van der Waals surface area (Å²) in [5.41, 5.74) is 6.09. The van der Waals surface area contributed by atoms with Crippen LogP contribution in [0, 0.1) is 12.7 Å². The van der Waals surface area contributed by atoms with Crippen LogP contribution in [0.1, 0.15) is 60.8 Å². The number of aryl methyl sites for hydroxylation is 2. The lowest BCUT2D eigenvalue weighted by molar-refractivity contribution is -0.147. The van der Waals surface area contributed by atoms with Gasteiger partial charge in [0.15, 0.2) is 0 Å². The van der Waals surface area contributed by atoms with Gasteiger partial charge in [0.05, 0.1) is 30.0 Å². The van der Waals surface area contributed by atoms with E-state index in [1.54, 1.807) is 11.0 Å². The topological polar surface area (TPSA) is 125 Å². The highest BCUT2D eigenvalue weighted by Gasteiger charge is 2.43. The summed E-state index contributed by atoms with van der Waals surface area (Å²) in [6.45, 7) is 3.87. The minimum absolute atomic E-state index is 0.0286. The number of carbonyl (C=O) groups is 4. The molecule has 2 amide bonds. The predicted molar refractivity (Wildman–Crippen MR) is 201 cm³/mol. The molecule has 0 aromatic heterocycles. The van der Waals surface area contributed by atoms with Gasteiger partial charge in [-0.25, -0.2) is 4.39 Å². The number of ether oxygens (including phenoxy) is 2. The lowest BCUT2D eigenvalue weighted by atomic mass is 9.82. The first-order valence-corrected chi connectivity index (χ1v) is 19.0. The highest BCUT2D eigenvalue weighted by atomic mass is 79.9.